The first-order valence-electron chi connectivity index (χ1n) is 11.9. The summed E-state index contributed by atoms with van der Waals surface area (Å²) in [5.41, 5.74) is 4.17. The molecule has 1 atom stereocenters. The Morgan fingerprint density at radius 1 is 1.05 bits per heavy atom. The maximum atomic E-state index is 13.6. The van der Waals surface area contributed by atoms with Crippen LogP contribution >= 0.6 is 23.2 Å². The summed E-state index contributed by atoms with van der Waals surface area (Å²) in [6.45, 7) is 3.76. The number of nitrogens with zero attached hydrogens (tertiary/aromatic N) is 1. The number of rotatable bonds is 11. The maximum Gasteiger partial charge on any atom is 0.230 e. The highest BCUT2D eigenvalue weighted by Crippen LogP contribution is 2.34. The van der Waals surface area contributed by atoms with E-state index in [0.717, 1.165) is 40.7 Å². The monoisotopic (exact) mass is 558 g/mol. The molecular formula is C28H28Cl2N2O4S. The first-order valence-corrected chi connectivity index (χ1v) is 14.2. The summed E-state index contributed by atoms with van der Waals surface area (Å²) in [5, 5.41) is 11.1. The minimum absolute atomic E-state index is 0.0130. The van der Waals surface area contributed by atoms with Gasteiger partial charge < -0.3 is 14.2 Å². The minimum atomic E-state index is -1.19. The van der Waals surface area contributed by atoms with Gasteiger partial charge in [0.2, 0.25) is 5.78 Å². The van der Waals surface area contributed by atoms with Gasteiger partial charge in [-0.1, -0.05) is 54.4 Å². The minimum Gasteiger partial charge on any atom is -0.452 e. The molecule has 1 aromatic heterocycles. The van der Waals surface area contributed by atoms with Gasteiger partial charge in [-0.2, -0.15) is 0 Å². The fourth-order valence-corrected chi connectivity index (χ4v) is 5.30. The molecule has 4 rings (SSSR count). The number of halogens is 2. The van der Waals surface area contributed by atoms with Gasteiger partial charge in [-0.3, -0.25) is 9.69 Å². The lowest BCUT2D eigenvalue weighted by Gasteiger charge is -2.20. The summed E-state index contributed by atoms with van der Waals surface area (Å²) in [7, 11) is -1.19. The molecule has 1 unspecified atom stereocenters. The molecule has 4 aromatic rings. The molecule has 0 saturated carbocycles. The number of furan rings is 1. The van der Waals surface area contributed by atoms with E-state index in [0.29, 0.717) is 29.3 Å². The predicted octanol–water partition coefficient (Wildman–Crippen LogP) is 6.55. The SMILES string of the molecule is CCCN(CCO)Cc1c(C(=O)c2ccc(Cl)cc2Cl)oc2cc(-c3cccc(NS(C)=O)c3)ccc12. The van der Waals surface area contributed by atoms with Gasteiger partial charge in [-0.05, 0) is 60.5 Å². The summed E-state index contributed by atoms with van der Waals surface area (Å²) in [4.78, 5) is 15.7. The Morgan fingerprint density at radius 3 is 2.54 bits per heavy atom. The van der Waals surface area contributed by atoms with Crippen LogP contribution < -0.4 is 4.72 Å². The molecular weight excluding hydrogens is 531 g/mol. The highest BCUT2D eigenvalue weighted by molar-refractivity contribution is 7.85. The van der Waals surface area contributed by atoms with Crippen molar-refractivity contribution in [2.45, 2.75) is 19.9 Å². The molecule has 194 valence electrons. The number of carbonyl (C=O) groups is 1. The number of fused-ring (bicyclic) bond motifs is 1. The van der Waals surface area contributed by atoms with Crippen LogP contribution in [0.25, 0.3) is 22.1 Å². The Morgan fingerprint density at radius 2 is 1.84 bits per heavy atom. The predicted molar refractivity (Wildman–Crippen MR) is 152 cm³/mol. The summed E-state index contributed by atoms with van der Waals surface area (Å²) < 4.78 is 20.7. The van der Waals surface area contributed by atoms with E-state index in [1.807, 2.05) is 42.5 Å². The molecule has 0 fully saturated rings. The topological polar surface area (TPSA) is 82.8 Å². The summed E-state index contributed by atoms with van der Waals surface area (Å²) in [6.07, 6.45) is 2.48. The molecule has 3 aromatic carbocycles. The molecule has 0 saturated heterocycles. The lowest BCUT2D eigenvalue weighted by atomic mass is 10.0. The second-order valence-corrected chi connectivity index (χ2v) is 10.7. The lowest BCUT2D eigenvalue weighted by molar-refractivity contribution is 0.101. The van der Waals surface area contributed by atoms with Gasteiger partial charge in [0.05, 0.1) is 11.6 Å². The zero-order chi connectivity index (χ0) is 26.5. The van der Waals surface area contributed by atoms with Crippen LogP contribution in [0.5, 0.6) is 0 Å². The molecule has 6 nitrogen and oxygen atoms in total. The number of benzene rings is 3. The van der Waals surface area contributed by atoms with Crippen LogP contribution in [0.4, 0.5) is 5.69 Å². The van der Waals surface area contributed by atoms with Crippen LogP contribution in [0.2, 0.25) is 10.0 Å². The van der Waals surface area contributed by atoms with E-state index in [4.69, 9.17) is 27.6 Å². The van der Waals surface area contributed by atoms with E-state index in [1.54, 1.807) is 18.4 Å². The van der Waals surface area contributed by atoms with Crippen LogP contribution in [-0.2, 0) is 17.5 Å². The van der Waals surface area contributed by atoms with Crippen molar-refractivity contribution >= 4 is 56.6 Å². The normalized spacial score (nSPS) is 12.3. The fraction of sp³-hybridized carbons (Fsp3) is 0.250. The Kier molecular flexibility index (Phi) is 9.05. The van der Waals surface area contributed by atoms with Crippen molar-refractivity contribution in [3.05, 3.63) is 87.6 Å². The third kappa shape index (κ3) is 6.43. The third-order valence-electron chi connectivity index (χ3n) is 5.97. The van der Waals surface area contributed by atoms with E-state index in [9.17, 15) is 14.1 Å². The lowest BCUT2D eigenvalue weighted by Crippen LogP contribution is -2.27. The van der Waals surface area contributed by atoms with Crippen molar-refractivity contribution in [3.8, 4) is 11.1 Å². The Balaban J connectivity index is 1.82. The van der Waals surface area contributed by atoms with Gasteiger partial charge >= 0.3 is 0 Å². The number of hydrogen-bond acceptors (Lipinski definition) is 5. The van der Waals surface area contributed by atoms with Crippen molar-refractivity contribution < 1.29 is 18.5 Å². The van der Waals surface area contributed by atoms with Gasteiger partial charge in [-0.25, -0.2) is 4.21 Å². The van der Waals surface area contributed by atoms with Crippen LogP contribution in [0.1, 0.15) is 35.0 Å². The first kappa shape index (κ1) is 27.4. The quantitative estimate of drug-likeness (QED) is 0.204. The van der Waals surface area contributed by atoms with Gasteiger partial charge in [0.1, 0.15) is 16.6 Å². The second-order valence-electron chi connectivity index (χ2n) is 8.71. The van der Waals surface area contributed by atoms with Crippen LogP contribution in [0.3, 0.4) is 0 Å². The van der Waals surface area contributed by atoms with Gasteiger partial charge in [0, 0.05) is 46.6 Å². The zero-order valence-electron chi connectivity index (χ0n) is 20.6. The van der Waals surface area contributed by atoms with E-state index in [-0.39, 0.29) is 23.2 Å². The standard InChI is InChI=1S/C28H28Cl2N2O4S/c1-3-11-32(12-13-33)17-24-22-9-7-19(18-5-4-6-21(14-18)31-37(2)35)15-26(22)36-28(24)27(34)23-10-8-20(29)16-25(23)30/h4-10,14-16,31,33H,3,11-13,17H2,1-2H3. The summed E-state index contributed by atoms with van der Waals surface area (Å²) in [5.74, 6) is -0.112. The molecule has 0 spiro atoms. The highest BCUT2D eigenvalue weighted by atomic mass is 35.5. The van der Waals surface area contributed by atoms with Crippen LogP contribution in [-0.4, -0.2) is 46.0 Å². The molecule has 2 N–H and O–H groups in total. The molecule has 9 heteroatoms. The van der Waals surface area contributed by atoms with Gasteiger partial charge in [-0.15, -0.1) is 0 Å². The smallest absolute Gasteiger partial charge is 0.230 e. The second kappa shape index (κ2) is 12.2. The number of nitrogens with one attached hydrogen (secondary N) is 1. The van der Waals surface area contributed by atoms with E-state index < -0.39 is 11.0 Å². The molecule has 0 aliphatic rings. The first-order chi connectivity index (χ1) is 17.8. The number of aliphatic hydroxyl groups is 1. The largest absolute Gasteiger partial charge is 0.452 e. The molecule has 0 radical (unpaired) electrons. The third-order valence-corrected chi connectivity index (χ3v) is 7.04. The zero-order valence-corrected chi connectivity index (χ0v) is 22.9. The van der Waals surface area contributed by atoms with Gasteiger partial charge in [0.25, 0.3) is 0 Å². The Hall–Kier alpha value is -2.68. The highest BCUT2D eigenvalue weighted by Gasteiger charge is 2.25. The number of anilines is 1. The van der Waals surface area contributed by atoms with E-state index >= 15 is 0 Å². The van der Waals surface area contributed by atoms with Gasteiger partial charge in [0.15, 0.2) is 5.76 Å². The average Bonchev–Trinajstić information content (AvgIpc) is 3.21. The summed E-state index contributed by atoms with van der Waals surface area (Å²) >= 11 is 12.4. The molecule has 37 heavy (non-hydrogen) atoms. The fourth-order valence-electron chi connectivity index (χ4n) is 4.35. The van der Waals surface area contributed by atoms with Crippen molar-refractivity contribution in [2.75, 3.05) is 30.7 Å². The molecule has 0 amide bonds. The molecule has 1 heterocycles. The summed E-state index contributed by atoms with van der Waals surface area (Å²) in [6, 6.07) is 18.2. The van der Waals surface area contributed by atoms with Crippen LogP contribution in [0.15, 0.2) is 65.1 Å². The van der Waals surface area contributed by atoms with Crippen molar-refractivity contribution in [1.29, 1.82) is 0 Å². The van der Waals surface area contributed by atoms with Crippen molar-refractivity contribution in [2.24, 2.45) is 0 Å². The van der Waals surface area contributed by atoms with Crippen molar-refractivity contribution in [3.63, 3.8) is 0 Å². The number of aliphatic hydroxyl groups excluding tert-OH is 1. The average molecular weight is 560 g/mol. The molecule has 0 aliphatic carbocycles. The van der Waals surface area contributed by atoms with E-state index in [1.165, 1.54) is 6.07 Å². The number of ketones is 1. The van der Waals surface area contributed by atoms with E-state index in [2.05, 4.69) is 16.5 Å². The molecule has 0 aliphatic heterocycles. The molecule has 0 bridgehead atoms. The Labute approximate surface area is 228 Å². The Bertz CT molecular complexity index is 1450. The number of hydrogen-bond donors (Lipinski definition) is 2. The maximum absolute atomic E-state index is 13.6. The van der Waals surface area contributed by atoms with Crippen molar-refractivity contribution in [1.82, 2.24) is 4.90 Å². The number of carbonyl (C=O) groups excluding carboxylic acids is 1. The van der Waals surface area contributed by atoms with Crippen LogP contribution in [0, 0.1) is 0 Å².